The summed E-state index contributed by atoms with van der Waals surface area (Å²) in [6.07, 6.45) is 0. The number of benzene rings is 1. The molecule has 1 unspecified atom stereocenters. The average Bonchev–Trinajstić information content (AvgIpc) is 3.20. The number of anilines is 1. The van der Waals surface area contributed by atoms with Crippen molar-refractivity contribution in [1.82, 2.24) is 19.9 Å². The maximum atomic E-state index is 12.3. The number of aromatic nitrogens is 4. The smallest absolute Gasteiger partial charge is 0.240 e. The molecular weight excluding hydrogens is 354 g/mol. The number of nitrogens with zero attached hydrogens (tertiary/aromatic N) is 4. The van der Waals surface area contributed by atoms with Crippen molar-refractivity contribution in [3.63, 3.8) is 0 Å². The van der Waals surface area contributed by atoms with Crippen LogP contribution in [0.15, 0.2) is 40.0 Å². The van der Waals surface area contributed by atoms with Gasteiger partial charge in [0.2, 0.25) is 11.8 Å². The molecule has 3 rings (SSSR count). The van der Waals surface area contributed by atoms with Gasteiger partial charge in [-0.2, -0.15) is 0 Å². The SMILES string of the molecule is COc1ccccc1-c1nnc(SC(C)C(=O)Nc2cc(C)no2)n1C. The summed E-state index contributed by atoms with van der Waals surface area (Å²) in [6.45, 7) is 3.58. The highest BCUT2D eigenvalue weighted by molar-refractivity contribution is 8.00. The van der Waals surface area contributed by atoms with E-state index in [0.717, 1.165) is 5.56 Å². The van der Waals surface area contributed by atoms with E-state index < -0.39 is 5.25 Å². The quantitative estimate of drug-likeness (QED) is 0.664. The number of nitrogens with one attached hydrogen (secondary N) is 1. The van der Waals surface area contributed by atoms with E-state index in [1.807, 2.05) is 35.9 Å². The number of thioether (sulfide) groups is 1. The molecule has 0 saturated heterocycles. The number of hydrogen-bond acceptors (Lipinski definition) is 7. The Hall–Kier alpha value is -2.81. The first-order valence-corrected chi connectivity index (χ1v) is 8.81. The van der Waals surface area contributed by atoms with Crippen LogP contribution in [0.25, 0.3) is 11.4 Å². The predicted octanol–water partition coefficient (Wildman–Crippen LogP) is 2.91. The van der Waals surface area contributed by atoms with E-state index in [1.54, 1.807) is 27.0 Å². The normalized spacial score (nSPS) is 12.0. The first-order chi connectivity index (χ1) is 12.5. The lowest BCUT2D eigenvalue weighted by Gasteiger charge is -2.11. The summed E-state index contributed by atoms with van der Waals surface area (Å²) in [6, 6.07) is 9.25. The lowest BCUT2D eigenvalue weighted by atomic mass is 10.2. The number of aryl methyl sites for hydroxylation is 1. The van der Waals surface area contributed by atoms with Gasteiger partial charge >= 0.3 is 0 Å². The van der Waals surface area contributed by atoms with Crippen LogP contribution in [0.2, 0.25) is 0 Å². The topological polar surface area (TPSA) is 95.1 Å². The Kier molecular flexibility index (Phi) is 5.27. The van der Waals surface area contributed by atoms with Crippen LogP contribution in [-0.4, -0.2) is 38.2 Å². The van der Waals surface area contributed by atoms with Crippen LogP contribution in [0, 0.1) is 6.92 Å². The van der Waals surface area contributed by atoms with Gasteiger partial charge in [-0.05, 0) is 26.0 Å². The number of ether oxygens (including phenoxy) is 1. The molecule has 1 aromatic carbocycles. The number of para-hydroxylation sites is 1. The van der Waals surface area contributed by atoms with Crippen molar-refractivity contribution in [3.8, 4) is 17.1 Å². The van der Waals surface area contributed by atoms with E-state index in [1.165, 1.54) is 11.8 Å². The van der Waals surface area contributed by atoms with Crippen molar-refractivity contribution in [1.29, 1.82) is 0 Å². The third kappa shape index (κ3) is 3.72. The van der Waals surface area contributed by atoms with E-state index in [9.17, 15) is 4.79 Å². The van der Waals surface area contributed by atoms with Crippen molar-refractivity contribution < 1.29 is 14.1 Å². The Morgan fingerprint density at radius 3 is 2.81 bits per heavy atom. The van der Waals surface area contributed by atoms with Crippen LogP contribution in [-0.2, 0) is 11.8 Å². The van der Waals surface area contributed by atoms with Gasteiger partial charge in [-0.15, -0.1) is 10.2 Å². The van der Waals surface area contributed by atoms with Crippen molar-refractivity contribution >= 4 is 23.6 Å². The molecule has 0 aliphatic rings. The largest absolute Gasteiger partial charge is 0.496 e. The van der Waals surface area contributed by atoms with Gasteiger partial charge in [0, 0.05) is 13.1 Å². The minimum absolute atomic E-state index is 0.201. The van der Waals surface area contributed by atoms with Crippen LogP contribution < -0.4 is 10.1 Å². The zero-order chi connectivity index (χ0) is 18.7. The Labute approximate surface area is 154 Å². The minimum atomic E-state index is -0.395. The van der Waals surface area contributed by atoms with Gasteiger partial charge in [0.15, 0.2) is 11.0 Å². The lowest BCUT2D eigenvalue weighted by molar-refractivity contribution is -0.115. The van der Waals surface area contributed by atoms with Crippen molar-refractivity contribution in [2.75, 3.05) is 12.4 Å². The maximum absolute atomic E-state index is 12.3. The highest BCUT2D eigenvalue weighted by Gasteiger charge is 2.21. The van der Waals surface area contributed by atoms with Gasteiger partial charge in [-0.1, -0.05) is 29.1 Å². The van der Waals surface area contributed by atoms with Gasteiger partial charge in [0.05, 0.1) is 23.6 Å². The number of carbonyl (C=O) groups is 1. The molecule has 2 aromatic heterocycles. The van der Waals surface area contributed by atoms with E-state index in [2.05, 4.69) is 20.7 Å². The van der Waals surface area contributed by atoms with Crippen molar-refractivity contribution in [3.05, 3.63) is 36.0 Å². The number of hydrogen-bond donors (Lipinski definition) is 1. The third-order valence-corrected chi connectivity index (χ3v) is 4.84. The number of amides is 1. The second kappa shape index (κ2) is 7.61. The first-order valence-electron chi connectivity index (χ1n) is 7.93. The molecule has 0 radical (unpaired) electrons. The molecule has 0 bridgehead atoms. The number of carbonyl (C=O) groups excluding carboxylic acids is 1. The molecule has 26 heavy (non-hydrogen) atoms. The second-order valence-electron chi connectivity index (χ2n) is 5.65. The Balaban J connectivity index is 1.74. The summed E-state index contributed by atoms with van der Waals surface area (Å²) in [4.78, 5) is 12.3. The van der Waals surface area contributed by atoms with E-state index >= 15 is 0 Å². The first kappa shape index (κ1) is 18.0. The maximum Gasteiger partial charge on any atom is 0.240 e. The fourth-order valence-corrected chi connectivity index (χ4v) is 3.15. The van der Waals surface area contributed by atoms with Gasteiger partial charge in [0.25, 0.3) is 0 Å². The summed E-state index contributed by atoms with van der Waals surface area (Å²) < 4.78 is 12.2. The van der Waals surface area contributed by atoms with Crippen LogP contribution in [0.3, 0.4) is 0 Å². The van der Waals surface area contributed by atoms with Crippen molar-refractivity contribution in [2.24, 2.45) is 7.05 Å². The number of rotatable bonds is 6. The molecule has 0 spiro atoms. The summed E-state index contributed by atoms with van der Waals surface area (Å²) in [5.74, 6) is 1.51. The average molecular weight is 373 g/mol. The fraction of sp³-hybridized carbons (Fsp3) is 0.294. The molecule has 3 aromatic rings. The molecule has 136 valence electrons. The van der Waals surface area contributed by atoms with E-state index in [4.69, 9.17) is 9.26 Å². The van der Waals surface area contributed by atoms with Crippen molar-refractivity contribution in [2.45, 2.75) is 24.3 Å². The Morgan fingerprint density at radius 1 is 1.35 bits per heavy atom. The van der Waals surface area contributed by atoms with E-state index in [-0.39, 0.29) is 5.91 Å². The molecule has 2 heterocycles. The molecular formula is C17H19N5O3S. The second-order valence-corrected chi connectivity index (χ2v) is 6.96. The van der Waals surface area contributed by atoms with Gasteiger partial charge in [0.1, 0.15) is 5.75 Å². The molecule has 8 nitrogen and oxygen atoms in total. The zero-order valence-corrected chi connectivity index (χ0v) is 15.7. The van der Waals surface area contributed by atoms with Crippen LogP contribution in [0.1, 0.15) is 12.6 Å². The van der Waals surface area contributed by atoms with Gasteiger partial charge < -0.3 is 13.8 Å². The molecule has 0 saturated carbocycles. The molecule has 0 aliphatic heterocycles. The summed E-state index contributed by atoms with van der Waals surface area (Å²) in [5.41, 5.74) is 1.54. The Morgan fingerprint density at radius 2 is 2.12 bits per heavy atom. The minimum Gasteiger partial charge on any atom is -0.496 e. The monoisotopic (exact) mass is 373 g/mol. The summed E-state index contributed by atoms with van der Waals surface area (Å²) >= 11 is 1.31. The lowest BCUT2D eigenvalue weighted by Crippen LogP contribution is -2.22. The molecule has 1 atom stereocenters. The molecule has 9 heteroatoms. The molecule has 0 aliphatic carbocycles. The molecule has 1 N–H and O–H groups in total. The zero-order valence-electron chi connectivity index (χ0n) is 14.9. The van der Waals surface area contributed by atoms with E-state index in [0.29, 0.717) is 28.3 Å². The highest BCUT2D eigenvalue weighted by Crippen LogP contribution is 2.31. The van der Waals surface area contributed by atoms with Crippen LogP contribution in [0.4, 0.5) is 5.88 Å². The summed E-state index contributed by atoms with van der Waals surface area (Å²) in [5, 5.41) is 15.1. The van der Waals surface area contributed by atoms with Crippen LogP contribution >= 0.6 is 11.8 Å². The van der Waals surface area contributed by atoms with Gasteiger partial charge in [-0.25, -0.2) is 0 Å². The van der Waals surface area contributed by atoms with Crippen LogP contribution in [0.5, 0.6) is 5.75 Å². The third-order valence-electron chi connectivity index (χ3n) is 3.71. The number of methoxy groups -OCH3 is 1. The molecule has 0 fully saturated rings. The highest BCUT2D eigenvalue weighted by atomic mass is 32.2. The fourth-order valence-electron chi connectivity index (χ4n) is 2.34. The summed E-state index contributed by atoms with van der Waals surface area (Å²) in [7, 11) is 3.47. The Bertz CT molecular complexity index is 921. The predicted molar refractivity (Wildman–Crippen MR) is 98.2 cm³/mol. The molecule has 1 amide bonds. The van der Waals surface area contributed by atoms with Gasteiger partial charge in [-0.3, -0.25) is 10.1 Å². The standard InChI is InChI=1S/C17H19N5O3S/c1-10-9-14(25-21-10)18-16(23)11(2)26-17-20-19-15(22(17)3)12-7-5-6-8-13(12)24-4/h5-9,11H,1-4H3,(H,18,23).